The van der Waals surface area contributed by atoms with E-state index in [-0.39, 0.29) is 0 Å². The average molecular weight is 795 g/mol. The molecule has 0 fully saturated rings. The highest BCUT2D eigenvalue weighted by molar-refractivity contribution is 7.26. The lowest BCUT2D eigenvalue weighted by atomic mass is 9.98. The number of nitrogens with zero attached hydrogens (tertiary/aromatic N) is 2. The second kappa shape index (κ2) is 14.5. The van der Waals surface area contributed by atoms with Crippen molar-refractivity contribution in [3.8, 4) is 39.1 Å². The molecule has 0 saturated carbocycles. The maximum absolute atomic E-state index is 2.39. The van der Waals surface area contributed by atoms with Crippen LogP contribution < -0.4 is 4.90 Å². The van der Waals surface area contributed by atoms with Gasteiger partial charge in [0.2, 0.25) is 0 Å². The quantitative estimate of drug-likeness (QED) is 0.156. The Balaban J connectivity index is 0.983. The van der Waals surface area contributed by atoms with Gasteiger partial charge in [0.05, 0.1) is 11.0 Å². The van der Waals surface area contributed by atoms with E-state index < -0.39 is 0 Å². The Morgan fingerprint density at radius 1 is 0.328 bits per heavy atom. The second-order valence-electron chi connectivity index (χ2n) is 15.7. The first-order chi connectivity index (χ1) is 30.2. The number of benzene rings is 10. The Hall–Kier alpha value is -7.72. The van der Waals surface area contributed by atoms with E-state index in [0.29, 0.717) is 0 Å². The molecule has 0 bridgehead atoms. The summed E-state index contributed by atoms with van der Waals surface area (Å²) in [7, 11) is 0. The first-order valence-electron chi connectivity index (χ1n) is 20.8. The molecule has 2 heterocycles. The molecule has 0 N–H and O–H groups in total. The summed E-state index contributed by atoms with van der Waals surface area (Å²) in [6, 6.07) is 84.1. The number of fused-ring (bicyclic) bond motifs is 7. The van der Waals surface area contributed by atoms with E-state index >= 15 is 0 Å². The van der Waals surface area contributed by atoms with Crippen LogP contribution in [-0.2, 0) is 0 Å². The third-order valence-electron chi connectivity index (χ3n) is 12.2. The molecule has 2 nitrogen and oxygen atoms in total. The second-order valence-corrected chi connectivity index (χ2v) is 16.8. The minimum atomic E-state index is 1.10. The summed E-state index contributed by atoms with van der Waals surface area (Å²) < 4.78 is 5.04. The van der Waals surface area contributed by atoms with Gasteiger partial charge in [-0.2, -0.15) is 0 Å². The van der Waals surface area contributed by atoms with Crippen molar-refractivity contribution in [3.05, 3.63) is 231 Å². The zero-order valence-electron chi connectivity index (χ0n) is 33.2. The molecule has 0 aliphatic heterocycles. The lowest BCUT2D eigenvalue weighted by Crippen LogP contribution is -2.10. The molecule has 0 aliphatic carbocycles. The van der Waals surface area contributed by atoms with Gasteiger partial charge < -0.3 is 9.47 Å². The SMILES string of the molecule is c1ccc(-c2cccc3c2sc2ccc(-c4ccc(N(c5ccc(-c6cccc7ccccc67)cc5)c5ccc6c7ccccc7n(-c7ccccc7)c6c5)cc4)cc23)cc1. The van der Waals surface area contributed by atoms with Gasteiger partial charge in [0.15, 0.2) is 0 Å². The lowest BCUT2D eigenvalue weighted by molar-refractivity contribution is 1.18. The van der Waals surface area contributed by atoms with E-state index in [4.69, 9.17) is 0 Å². The van der Waals surface area contributed by atoms with Gasteiger partial charge in [0, 0.05) is 53.7 Å². The van der Waals surface area contributed by atoms with Crippen LogP contribution in [-0.4, -0.2) is 4.57 Å². The van der Waals surface area contributed by atoms with Gasteiger partial charge in [-0.1, -0.05) is 164 Å². The van der Waals surface area contributed by atoms with Crippen LogP contribution in [0.3, 0.4) is 0 Å². The molecule has 286 valence electrons. The van der Waals surface area contributed by atoms with Crippen LogP contribution in [0.15, 0.2) is 231 Å². The van der Waals surface area contributed by atoms with Crippen molar-refractivity contribution in [2.45, 2.75) is 0 Å². The Morgan fingerprint density at radius 3 is 1.70 bits per heavy atom. The molecule has 0 radical (unpaired) electrons. The van der Waals surface area contributed by atoms with Crippen LogP contribution >= 0.6 is 11.3 Å². The number of thiophene rings is 1. The average Bonchev–Trinajstić information content (AvgIpc) is 3.88. The predicted octanol–water partition coefficient (Wildman–Crippen LogP) is 16.8. The Kier molecular flexibility index (Phi) is 8.39. The Bertz CT molecular complexity index is 3560. The molecule has 3 heteroatoms. The molecule has 12 rings (SSSR count). The molecule has 0 spiro atoms. The Labute approximate surface area is 358 Å². The number of hydrogen-bond donors (Lipinski definition) is 0. The molecule has 0 atom stereocenters. The third kappa shape index (κ3) is 6.01. The Morgan fingerprint density at radius 2 is 0.902 bits per heavy atom. The smallest absolute Gasteiger partial charge is 0.0561 e. The van der Waals surface area contributed by atoms with Gasteiger partial charge in [-0.25, -0.2) is 0 Å². The maximum atomic E-state index is 2.39. The molecule has 0 unspecified atom stereocenters. The van der Waals surface area contributed by atoms with E-state index in [0.717, 1.165) is 22.7 Å². The van der Waals surface area contributed by atoms with Crippen molar-refractivity contribution in [1.29, 1.82) is 0 Å². The van der Waals surface area contributed by atoms with E-state index in [1.54, 1.807) is 0 Å². The van der Waals surface area contributed by atoms with Crippen LogP contribution in [0.5, 0.6) is 0 Å². The van der Waals surface area contributed by atoms with Gasteiger partial charge in [-0.3, -0.25) is 0 Å². The monoisotopic (exact) mass is 794 g/mol. The fourth-order valence-corrected chi connectivity index (χ4v) is 10.5. The summed E-state index contributed by atoms with van der Waals surface area (Å²) in [6.45, 7) is 0. The molecule has 2 aromatic heterocycles. The molecule has 61 heavy (non-hydrogen) atoms. The van der Waals surface area contributed by atoms with Crippen molar-refractivity contribution >= 4 is 81.1 Å². The summed E-state index contributed by atoms with van der Waals surface area (Å²) in [6.07, 6.45) is 0. The fourth-order valence-electron chi connectivity index (χ4n) is 9.29. The van der Waals surface area contributed by atoms with Gasteiger partial charge in [0.1, 0.15) is 0 Å². The predicted molar refractivity (Wildman–Crippen MR) is 262 cm³/mol. The molecular weight excluding hydrogens is 757 g/mol. The first kappa shape index (κ1) is 35.2. The maximum Gasteiger partial charge on any atom is 0.0561 e. The van der Waals surface area contributed by atoms with Crippen LogP contribution in [0.1, 0.15) is 0 Å². The highest BCUT2D eigenvalue weighted by Gasteiger charge is 2.19. The zero-order chi connectivity index (χ0) is 40.3. The third-order valence-corrected chi connectivity index (χ3v) is 13.4. The minimum absolute atomic E-state index is 1.10. The highest BCUT2D eigenvalue weighted by atomic mass is 32.1. The number of para-hydroxylation sites is 2. The first-order valence-corrected chi connectivity index (χ1v) is 21.6. The topological polar surface area (TPSA) is 8.17 Å². The molecule has 10 aromatic carbocycles. The van der Waals surface area contributed by atoms with Gasteiger partial charge in [-0.05, 0) is 111 Å². The van der Waals surface area contributed by atoms with E-state index in [9.17, 15) is 0 Å². The van der Waals surface area contributed by atoms with Gasteiger partial charge >= 0.3 is 0 Å². The standard InChI is InChI=1S/C58H38N2S/c1-3-13-41(14-4-1)50-22-12-23-53-54-37-43(29-36-57(54)61-58(50)53)39-25-30-45(31-26-39)59(46-32-27-42(28-33-46)49-21-11-16-40-15-7-8-19-48(40)49)47-34-35-52-51-20-9-10-24-55(51)60(56(52)38-47)44-17-5-2-6-18-44/h1-38H. The minimum Gasteiger partial charge on any atom is -0.310 e. The summed E-state index contributed by atoms with van der Waals surface area (Å²) >= 11 is 1.88. The van der Waals surface area contributed by atoms with Gasteiger partial charge in [0.25, 0.3) is 0 Å². The molecular formula is C58H38N2S. The van der Waals surface area contributed by atoms with Crippen LogP contribution in [0, 0.1) is 0 Å². The van der Waals surface area contributed by atoms with Crippen molar-refractivity contribution in [2.24, 2.45) is 0 Å². The largest absolute Gasteiger partial charge is 0.310 e. The van der Waals surface area contributed by atoms with Crippen molar-refractivity contribution < 1.29 is 0 Å². The molecule has 0 amide bonds. The van der Waals surface area contributed by atoms with Crippen molar-refractivity contribution in [3.63, 3.8) is 0 Å². The van der Waals surface area contributed by atoms with Crippen LogP contribution in [0.25, 0.3) is 91.8 Å². The fraction of sp³-hybridized carbons (Fsp3) is 0. The molecule has 0 aliphatic rings. The molecule has 12 aromatic rings. The number of hydrogen-bond acceptors (Lipinski definition) is 2. The van der Waals surface area contributed by atoms with Crippen LogP contribution in [0.2, 0.25) is 0 Å². The summed E-state index contributed by atoms with van der Waals surface area (Å²) in [4.78, 5) is 2.39. The number of aromatic nitrogens is 1. The number of rotatable bonds is 7. The van der Waals surface area contributed by atoms with E-state index in [1.807, 2.05) is 11.3 Å². The van der Waals surface area contributed by atoms with E-state index in [2.05, 4.69) is 240 Å². The summed E-state index contributed by atoms with van der Waals surface area (Å²) in [5.74, 6) is 0. The zero-order valence-corrected chi connectivity index (χ0v) is 34.1. The van der Waals surface area contributed by atoms with Gasteiger partial charge in [-0.15, -0.1) is 11.3 Å². The molecule has 0 saturated heterocycles. The van der Waals surface area contributed by atoms with E-state index in [1.165, 1.54) is 86.1 Å². The highest BCUT2D eigenvalue weighted by Crippen LogP contribution is 2.44. The van der Waals surface area contributed by atoms with Crippen molar-refractivity contribution in [1.82, 2.24) is 4.57 Å². The summed E-state index contributed by atoms with van der Waals surface area (Å²) in [5, 5.41) is 7.59. The van der Waals surface area contributed by atoms with Crippen molar-refractivity contribution in [2.75, 3.05) is 4.90 Å². The lowest BCUT2D eigenvalue weighted by Gasteiger charge is -2.26. The summed E-state index contributed by atoms with van der Waals surface area (Å²) in [5.41, 5.74) is 14.2. The number of anilines is 3. The van der Waals surface area contributed by atoms with Crippen LogP contribution in [0.4, 0.5) is 17.1 Å². The normalized spacial score (nSPS) is 11.6.